The number of nitrogens with zero attached hydrogens (tertiary/aromatic N) is 6. The van der Waals surface area contributed by atoms with Crippen molar-refractivity contribution < 1.29 is 33.6 Å². The molecule has 0 unspecified atom stereocenters. The Kier molecular flexibility index (Phi) is 26.0. The van der Waals surface area contributed by atoms with Gasteiger partial charge in [0.25, 0.3) is 0 Å². The quantitative estimate of drug-likeness (QED) is 0.0110. The fourth-order valence-electron chi connectivity index (χ4n) is 8.85. The minimum absolute atomic E-state index is 0. The minimum Gasteiger partial charge on any atom is -0.862 e. The highest BCUT2D eigenvalue weighted by Gasteiger charge is 2.19. The second-order valence-corrected chi connectivity index (χ2v) is 19.5. The summed E-state index contributed by atoms with van der Waals surface area (Å²) in [4.78, 5) is 12.8. The number of benzene rings is 4. The predicted octanol–water partition coefficient (Wildman–Crippen LogP) is 10.7. The van der Waals surface area contributed by atoms with Crippen LogP contribution in [0.4, 0.5) is 11.4 Å². The number of hydrogen-bond acceptors (Lipinski definition) is 9. The fourth-order valence-corrected chi connectivity index (χ4v) is 8.85. The predicted molar refractivity (Wildman–Crippen MR) is 314 cm³/mol. The molecule has 0 atom stereocenters. The molecular formula is C58H82I2N6O5. The normalized spacial score (nSPS) is 12.1. The van der Waals surface area contributed by atoms with Crippen LogP contribution in [0.15, 0.2) is 94.9 Å². The van der Waals surface area contributed by atoms with Gasteiger partial charge in [-0.05, 0) is 135 Å². The van der Waals surface area contributed by atoms with Gasteiger partial charge in [0, 0.05) is 125 Å². The van der Waals surface area contributed by atoms with Crippen LogP contribution in [0.2, 0.25) is 0 Å². The third-order valence-corrected chi connectivity index (χ3v) is 13.0. The van der Waals surface area contributed by atoms with Crippen LogP contribution >= 0.6 is 48.0 Å². The van der Waals surface area contributed by atoms with E-state index in [9.17, 15) is 10.2 Å². The van der Waals surface area contributed by atoms with E-state index in [0.29, 0.717) is 90.2 Å². The number of halogens is 2. The molecule has 0 saturated carbocycles. The van der Waals surface area contributed by atoms with Crippen molar-refractivity contribution in [1.82, 2.24) is 0 Å². The first kappa shape index (κ1) is 59.7. The number of aliphatic imine (C=N–C) groups is 2. The number of unbranched alkanes of at least 4 members (excludes halogenated alkanes) is 4. The Balaban J connectivity index is 0.00000548. The molecule has 0 fully saturated rings. The highest BCUT2D eigenvalue weighted by Crippen LogP contribution is 2.28. The van der Waals surface area contributed by atoms with E-state index < -0.39 is 0 Å². The minimum atomic E-state index is -0.0269. The molecule has 0 radical (unpaired) electrons. The average molecular weight is 1200 g/mol. The highest BCUT2D eigenvalue weighted by atomic mass is 127. The number of aromatic nitrogens is 2. The van der Waals surface area contributed by atoms with Gasteiger partial charge in [0.2, 0.25) is 22.1 Å². The van der Waals surface area contributed by atoms with Gasteiger partial charge in [-0.3, -0.25) is 0 Å². The fraction of sp³-hybridized carbons (Fsp3) is 0.517. The van der Waals surface area contributed by atoms with Crippen molar-refractivity contribution in [3.8, 4) is 0 Å². The van der Waals surface area contributed by atoms with Crippen LogP contribution in [0.3, 0.4) is 0 Å². The first-order valence-corrected chi connectivity index (χ1v) is 25.7. The molecule has 0 aliphatic carbocycles. The van der Waals surface area contributed by atoms with Crippen molar-refractivity contribution in [3.63, 3.8) is 0 Å². The zero-order chi connectivity index (χ0) is 49.1. The van der Waals surface area contributed by atoms with E-state index in [1.807, 2.05) is 0 Å². The maximum atomic E-state index is 12.5. The van der Waals surface area contributed by atoms with E-state index in [1.165, 1.54) is 66.1 Å². The monoisotopic (exact) mass is 1200 g/mol. The summed E-state index contributed by atoms with van der Waals surface area (Å²) in [5.41, 5.74) is 10.1. The SMILES string of the molecule is CC(C)c1ccc2cc3ccc(C(C)C)cc3[n+](CCCCCC([O-])=NCCCOCCOCCOCCCN=C([O-])CCCCC[n+]3c4cc(N(C)C)ccc4cc4ccc(N(C)C)cc43)c2c1.I.I. The van der Waals surface area contributed by atoms with Gasteiger partial charge in [0.05, 0.1) is 26.4 Å². The van der Waals surface area contributed by atoms with E-state index in [-0.39, 0.29) is 59.7 Å². The lowest BCUT2D eigenvalue weighted by Crippen LogP contribution is -2.36. The lowest BCUT2D eigenvalue weighted by Gasteiger charge is -2.15. The van der Waals surface area contributed by atoms with E-state index >= 15 is 0 Å². The van der Waals surface area contributed by atoms with Crippen molar-refractivity contribution >= 4 is 115 Å². The van der Waals surface area contributed by atoms with Crippen molar-refractivity contribution in [2.75, 3.05) is 90.7 Å². The van der Waals surface area contributed by atoms with Crippen molar-refractivity contribution in [1.29, 1.82) is 0 Å². The second kappa shape index (κ2) is 31.0. The smallest absolute Gasteiger partial charge is 0.215 e. The van der Waals surface area contributed by atoms with Crippen molar-refractivity contribution in [2.24, 2.45) is 9.98 Å². The molecule has 0 saturated heterocycles. The van der Waals surface area contributed by atoms with Crippen LogP contribution in [-0.2, 0) is 27.3 Å². The molecule has 13 heteroatoms. The molecule has 2 heterocycles. The molecule has 388 valence electrons. The maximum absolute atomic E-state index is 12.5. The summed E-state index contributed by atoms with van der Waals surface area (Å²) in [6.07, 6.45) is 7.99. The number of aryl methyl sites for hydroxylation is 2. The van der Waals surface area contributed by atoms with Gasteiger partial charge in [-0.15, -0.1) is 48.0 Å². The van der Waals surface area contributed by atoms with Gasteiger partial charge in [0.15, 0.2) is 0 Å². The van der Waals surface area contributed by atoms with E-state index in [0.717, 1.165) is 51.6 Å². The van der Waals surface area contributed by atoms with Gasteiger partial charge in [-0.2, -0.15) is 9.13 Å². The van der Waals surface area contributed by atoms with Crippen LogP contribution in [0.1, 0.15) is 115 Å². The topological polar surface area (TPSA) is 113 Å². The first-order chi connectivity index (χ1) is 33.4. The highest BCUT2D eigenvalue weighted by molar-refractivity contribution is 14.0. The Morgan fingerprint density at radius 3 is 1.17 bits per heavy atom. The summed E-state index contributed by atoms with van der Waals surface area (Å²) in [6, 6.07) is 31.7. The van der Waals surface area contributed by atoms with Gasteiger partial charge in [-0.25, -0.2) is 0 Å². The van der Waals surface area contributed by atoms with Crippen LogP contribution in [0.5, 0.6) is 0 Å². The molecule has 0 amide bonds. The van der Waals surface area contributed by atoms with Crippen molar-refractivity contribution in [2.45, 2.75) is 117 Å². The number of rotatable bonds is 30. The Morgan fingerprint density at radius 2 is 0.803 bits per heavy atom. The Morgan fingerprint density at radius 1 is 0.451 bits per heavy atom. The molecule has 6 aromatic rings. The second-order valence-electron chi connectivity index (χ2n) is 19.5. The van der Waals surface area contributed by atoms with Crippen molar-refractivity contribution in [3.05, 3.63) is 96.1 Å². The third kappa shape index (κ3) is 18.2. The van der Waals surface area contributed by atoms with Crippen LogP contribution in [0.25, 0.3) is 43.6 Å². The maximum Gasteiger partial charge on any atom is 0.215 e. The lowest BCUT2D eigenvalue weighted by atomic mass is 9.98. The molecule has 4 aromatic carbocycles. The molecule has 0 spiro atoms. The molecule has 0 aliphatic heterocycles. The summed E-state index contributed by atoms with van der Waals surface area (Å²) >= 11 is 0. The number of pyridine rings is 2. The Bertz CT molecular complexity index is 2320. The van der Waals surface area contributed by atoms with E-state index in [4.69, 9.17) is 14.2 Å². The summed E-state index contributed by atoms with van der Waals surface area (Å²) < 4.78 is 21.9. The summed E-state index contributed by atoms with van der Waals surface area (Å²) in [5, 5.41) is 30.0. The van der Waals surface area contributed by atoms with Crippen LogP contribution in [-0.4, -0.2) is 92.7 Å². The molecule has 0 bridgehead atoms. The van der Waals surface area contributed by atoms with Crippen LogP contribution < -0.4 is 29.1 Å². The zero-order valence-electron chi connectivity index (χ0n) is 43.9. The molecular weight excluding hydrogens is 1110 g/mol. The number of hydrogen-bond donors (Lipinski definition) is 0. The standard InChI is InChI=1S/C58H80N6O5.2HI/c1-43(2)45-19-21-47-37-48-22-20-46(44(3)4)40-54(48)63(53(47)39-45)29-13-9-11-17-57(65)59-27-15-31-67-33-35-69-36-34-68-32-16-28-60-58(66)18-12-10-14-30-64-55-41-51(61(5)6)25-23-49(55)38-50-24-26-52(62(7)8)42-56(50)64;;/h19-26,37-44H,9-18,27-36H2,1-8H3;2*1H. The van der Waals surface area contributed by atoms with Crippen LogP contribution in [0, 0.1) is 0 Å². The zero-order valence-corrected chi connectivity index (χ0v) is 48.6. The summed E-state index contributed by atoms with van der Waals surface area (Å²) in [6.45, 7) is 14.8. The number of ether oxygens (including phenoxy) is 3. The molecule has 0 aliphatic rings. The summed E-state index contributed by atoms with van der Waals surface area (Å²) in [7, 11) is 8.31. The molecule has 6 rings (SSSR count). The Hall–Kier alpha value is -3.90. The van der Waals surface area contributed by atoms with E-state index in [2.05, 4.69) is 170 Å². The van der Waals surface area contributed by atoms with Gasteiger partial charge < -0.3 is 44.2 Å². The largest absolute Gasteiger partial charge is 0.862 e. The van der Waals surface area contributed by atoms with Gasteiger partial charge in [-0.1, -0.05) is 39.8 Å². The first-order valence-electron chi connectivity index (χ1n) is 25.7. The van der Waals surface area contributed by atoms with E-state index in [1.54, 1.807) is 0 Å². The molecule has 71 heavy (non-hydrogen) atoms. The Labute approximate surface area is 458 Å². The number of anilines is 2. The molecule has 2 aromatic heterocycles. The molecule has 0 N–H and O–H groups in total. The van der Waals surface area contributed by atoms with Gasteiger partial charge >= 0.3 is 0 Å². The summed E-state index contributed by atoms with van der Waals surface area (Å²) in [5.74, 6) is 0.893. The lowest BCUT2D eigenvalue weighted by molar-refractivity contribution is -0.646. The average Bonchev–Trinajstić information content (AvgIpc) is 3.33. The van der Waals surface area contributed by atoms with Gasteiger partial charge in [0.1, 0.15) is 13.1 Å². The number of fused-ring (bicyclic) bond motifs is 4. The third-order valence-electron chi connectivity index (χ3n) is 13.0. The molecule has 11 nitrogen and oxygen atoms in total.